The van der Waals surface area contributed by atoms with E-state index < -0.39 is 16.4 Å². The van der Waals surface area contributed by atoms with Crippen LogP contribution in [0.5, 0.6) is 0 Å². The van der Waals surface area contributed by atoms with Gasteiger partial charge in [0.1, 0.15) is 0 Å². The molecule has 0 rings (SSSR count). The molecular weight excluding hydrogens is 208 g/mol. The molecule has 0 aliphatic rings. The lowest BCUT2D eigenvalue weighted by Crippen LogP contribution is -2.28. The number of hydrogen-bond donors (Lipinski definition) is 0. The molecule has 0 saturated carbocycles. The zero-order chi connectivity index (χ0) is 11.2. The predicted molar refractivity (Wildman–Crippen MR) is 66.4 cm³/mol. The summed E-state index contributed by atoms with van der Waals surface area (Å²) in [6.45, 7) is 11.5. The minimum absolute atomic E-state index is 0.842. The largest absolute Gasteiger partial charge is 0.385 e. The molecule has 0 fully saturated rings. The summed E-state index contributed by atoms with van der Waals surface area (Å²) in [7, 11) is -3.08. The first-order valence-corrected chi connectivity index (χ1v) is 12.3. The fourth-order valence-corrected chi connectivity index (χ4v) is 2.99. The van der Waals surface area contributed by atoms with Crippen molar-refractivity contribution >= 4 is 16.4 Å². The van der Waals surface area contributed by atoms with Crippen molar-refractivity contribution in [2.24, 2.45) is 0 Å². The van der Waals surface area contributed by atoms with Gasteiger partial charge in [0.25, 0.3) is 0 Å². The van der Waals surface area contributed by atoms with Gasteiger partial charge in [-0.15, -0.1) is 0 Å². The quantitative estimate of drug-likeness (QED) is 0.490. The smallest absolute Gasteiger partial charge is 0.231 e. The second kappa shape index (κ2) is 6.05. The summed E-state index contributed by atoms with van der Waals surface area (Å²) in [6.07, 6.45) is 3.06. The number of ether oxygens (including phenoxy) is 1. The maximum absolute atomic E-state index is 11.4. The maximum atomic E-state index is 11.4. The molecule has 0 amide bonds. The molecular formula is C10H25O2Si2. The predicted octanol–water partition coefficient (Wildman–Crippen LogP) is 3.30. The molecule has 85 valence electrons. The lowest BCUT2D eigenvalue weighted by Gasteiger charge is -2.16. The highest BCUT2D eigenvalue weighted by Crippen LogP contribution is 2.10. The van der Waals surface area contributed by atoms with Crippen molar-refractivity contribution < 1.29 is 9.53 Å². The van der Waals surface area contributed by atoms with E-state index in [0.717, 1.165) is 31.7 Å². The van der Waals surface area contributed by atoms with Crippen LogP contribution in [0.1, 0.15) is 12.8 Å². The third-order valence-electron chi connectivity index (χ3n) is 1.85. The highest BCUT2D eigenvalue weighted by Gasteiger charge is 2.18. The molecule has 0 aromatic heterocycles. The van der Waals surface area contributed by atoms with Crippen molar-refractivity contribution in [3.05, 3.63) is 0 Å². The molecule has 14 heavy (non-hydrogen) atoms. The fourth-order valence-electron chi connectivity index (χ4n) is 1.13. The van der Waals surface area contributed by atoms with Gasteiger partial charge >= 0.3 is 0 Å². The molecule has 0 aliphatic carbocycles. The molecule has 0 aromatic carbocycles. The van der Waals surface area contributed by atoms with Crippen molar-refractivity contribution in [2.75, 3.05) is 12.8 Å². The van der Waals surface area contributed by atoms with Gasteiger partial charge in [0.15, 0.2) is 0 Å². The van der Waals surface area contributed by atoms with Gasteiger partial charge in [0.2, 0.25) is 8.32 Å². The lowest BCUT2D eigenvalue weighted by molar-refractivity contribution is 0.169. The van der Waals surface area contributed by atoms with Crippen LogP contribution < -0.4 is 0 Å². The van der Waals surface area contributed by atoms with Crippen LogP contribution in [-0.2, 0) is 9.53 Å². The minimum Gasteiger partial charge on any atom is -0.385 e. The lowest BCUT2D eigenvalue weighted by atomic mass is 10.4. The highest BCUT2D eigenvalue weighted by atomic mass is 28.4. The highest BCUT2D eigenvalue weighted by molar-refractivity contribution is 6.76. The van der Waals surface area contributed by atoms with E-state index in [2.05, 4.69) is 19.6 Å². The van der Waals surface area contributed by atoms with Crippen LogP contribution in [0.4, 0.5) is 0 Å². The van der Waals surface area contributed by atoms with Crippen LogP contribution in [0.2, 0.25) is 38.8 Å². The Morgan fingerprint density at radius 2 is 1.57 bits per heavy atom. The van der Waals surface area contributed by atoms with E-state index in [1.165, 1.54) is 0 Å². The van der Waals surface area contributed by atoms with Gasteiger partial charge in [-0.3, -0.25) is 4.80 Å². The van der Waals surface area contributed by atoms with Gasteiger partial charge in [-0.05, 0) is 25.6 Å². The molecule has 0 spiro atoms. The molecule has 2 nitrogen and oxygen atoms in total. The Kier molecular flexibility index (Phi) is 6.20. The van der Waals surface area contributed by atoms with Gasteiger partial charge in [0.05, 0.1) is 8.07 Å². The zero-order valence-corrected chi connectivity index (χ0v) is 12.4. The Labute approximate surface area is 90.8 Å². The SMILES string of the molecule is C[Si](C)(C)COCCCC[Si](C)(C)[O]. The van der Waals surface area contributed by atoms with E-state index >= 15 is 0 Å². The molecule has 1 radical (unpaired) electrons. The van der Waals surface area contributed by atoms with Crippen LogP contribution >= 0.6 is 0 Å². The Balaban J connectivity index is 3.23. The standard InChI is InChI=1S/C10H25O2Si2/c1-13(2,3)10-12-8-6-7-9-14(4,5)11/h6-10H2,1-5H3. The van der Waals surface area contributed by atoms with Crippen molar-refractivity contribution in [1.29, 1.82) is 0 Å². The summed E-state index contributed by atoms with van der Waals surface area (Å²) in [5, 5.41) is 0. The first kappa shape index (κ1) is 14.4. The summed E-state index contributed by atoms with van der Waals surface area (Å²) in [5.74, 6) is 0. The molecule has 0 heterocycles. The van der Waals surface area contributed by atoms with Gasteiger partial charge in [-0.1, -0.05) is 26.1 Å². The van der Waals surface area contributed by atoms with Crippen LogP contribution in [0.3, 0.4) is 0 Å². The molecule has 0 unspecified atom stereocenters. The van der Waals surface area contributed by atoms with Crippen LogP contribution in [0.15, 0.2) is 0 Å². The van der Waals surface area contributed by atoms with Gasteiger partial charge in [-0.2, -0.15) is 0 Å². The molecule has 0 N–H and O–H groups in total. The molecule has 0 bridgehead atoms. The van der Waals surface area contributed by atoms with Crippen LogP contribution in [-0.4, -0.2) is 29.2 Å². The van der Waals surface area contributed by atoms with Crippen molar-refractivity contribution in [3.8, 4) is 0 Å². The topological polar surface area (TPSA) is 29.1 Å². The molecule has 0 aliphatic heterocycles. The van der Waals surface area contributed by atoms with E-state index in [9.17, 15) is 4.80 Å². The van der Waals surface area contributed by atoms with Gasteiger partial charge < -0.3 is 4.74 Å². The zero-order valence-electron chi connectivity index (χ0n) is 10.4. The van der Waals surface area contributed by atoms with Crippen LogP contribution in [0, 0.1) is 0 Å². The first-order chi connectivity index (χ1) is 6.21. The first-order valence-electron chi connectivity index (χ1n) is 5.49. The van der Waals surface area contributed by atoms with E-state index in [-0.39, 0.29) is 0 Å². The summed E-state index contributed by atoms with van der Waals surface area (Å²) < 4.78 is 5.59. The maximum Gasteiger partial charge on any atom is 0.231 e. The van der Waals surface area contributed by atoms with Crippen molar-refractivity contribution in [2.45, 2.75) is 51.6 Å². The average molecular weight is 233 g/mol. The van der Waals surface area contributed by atoms with E-state index in [0.29, 0.717) is 0 Å². The average Bonchev–Trinajstić information content (AvgIpc) is 1.92. The summed E-state index contributed by atoms with van der Waals surface area (Å²) in [4.78, 5) is 11.4. The number of unbranched alkanes of at least 4 members (excludes halogenated alkanes) is 1. The number of hydrogen-bond acceptors (Lipinski definition) is 1. The van der Waals surface area contributed by atoms with Gasteiger partial charge in [-0.25, -0.2) is 0 Å². The molecule has 0 atom stereocenters. The third-order valence-corrected chi connectivity index (χ3v) is 4.48. The molecule has 4 heteroatoms. The Bertz CT molecular complexity index is 129. The van der Waals surface area contributed by atoms with Crippen molar-refractivity contribution in [1.82, 2.24) is 0 Å². The minimum atomic E-state index is -2.05. The second-order valence-corrected chi connectivity index (χ2v) is 15.3. The van der Waals surface area contributed by atoms with E-state index in [1.54, 1.807) is 0 Å². The summed E-state index contributed by atoms with van der Waals surface area (Å²) in [5.41, 5.74) is 0. The monoisotopic (exact) mass is 233 g/mol. The Morgan fingerprint density at radius 1 is 1.00 bits per heavy atom. The van der Waals surface area contributed by atoms with E-state index in [1.807, 2.05) is 13.1 Å². The summed E-state index contributed by atoms with van der Waals surface area (Å²) in [6, 6.07) is 0.892. The van der Waals surface area contributed by atoms with E-state index in [4.69, 9.17) is 4.74 Å². The second-order valence-electron chi connectivity index (χ2n) is 5.83. The Morgan fingerprint density at radius 3 is 2.00 bits per heavy atom. The molecule has 0 saturated heterocycles. The molecule has 0 aromatic rings. The van der Waals surface area contributed by atoms with Gasteiger partial charge in [0, 0.05) is 12.8 Å². The van der Waals surface area contributed by atoms with Crippen molar-refractivity contribution in [3.63, 3.8) is 0 Å². The normalized spacial score (nSPS) is 13.3. The number of rotatable bonds is 7. The van der Waals surface area contributed by atoms with Crippen LogP contribution in [0.25, 0.3) is 0 Å². The fraction of sp³-hybridized carbons (Fsp3) is 1.00. The summed E-state index contributed by atoms with van der Waals surface area (Å²) >= 11 is 0. The Hall–Kier alpha value is 0.354. The third kappa shape index (κ3) is 12.4.